The summed E-state index contributed by atoms with van der Waals surface area (Å²) in [5, 5.41) is 11.3. The first kappa shape index (κ1) is 15.8. The highest BCUT2D eigenvalue weighted by molar-refractivity contribution is 8.00. The van der Waals surface area contributed by atoms with Gasteiger partial charge in [-0.1, -0.05) is 6.07 Å². The van der Waals surface area contributed by atoms with Crippen LogP contribution in [0.25, 0.3) is 0 Å². The Morgan fingerprint density at radius 1 is 1.37 bits per heavy atom. The molecule has 0 aliphatic carbocycles. The third kappa shape index (κ3) is 5.93. The molecule has 0 spiro atoms. The van der Waals surface area contributed by atoms with Gasteiger partial charge in [0.15, 0.2) is 0 Å². The van der Waals surface area contributed by atoms with Crippen LogP contribution in [0.1, 0.15) is 15.9 Å². The van der Waals surface area contributed by atoms with Gasteiger partial charge in [-0.15, -0.1) is 0 Å². The highest BCUT2D eigenvalue weighted by atomic mass is 32.2. The van der Waals surface area contributed by atoms with Crippen molar-refractivity contribution < 1.29 is 27.5 Å². The van der Waals surface area contributed by atoms with Crippen LogP contribution >= 0.6 is 11.8 Å². The second kappa shape index (κ2) is 6.76. The van der Waals surface area contributed by atoms with Crippen molar-refractivity contribution >= 4 is 17.7 Å². The third-order valence-electron chi connectivity index (χ3n) is 2.14. The maximum absolute atomic E-state index is 13.3. The first-order valence-corrected chi connectivity index (χ1v) is 6.21. The van der Waals surface area contributed by atoms with E-state index in [0.29, 0.717) is 5.56 Å². The second-order valence-corrected chi connectivity index (χ2v) is 4.75. The van der Waals surface area contributed by atoms with Crippen molar-refractivity contribution in [1.29, 1.82) is 0 Å². The molecule has 0 amide bonds. The van der Waals surface area contributed by atoms with E-state index in [1.807, 2.05) is 0 Å². The molecule has 0 radical (unpaired) electrons. The normalized spacial score (nSPS) is 11.6. The summed E-state index contributed by atoms with van der Waals surface area (Å²) < 4.78 is 48.7. The summed E-state index contributed by atoms with van der Waals surface area (Å²) in [5.41, 5.74) is -4.22. The molecule has 0 bridgehead atoms. The molecule has 0 unspecified atom stereocenters. The number of hydrogen-bond acceptors (Lipinski definition) is 3. The quantitative estimate of drug-likeness (QED) is 0.626. The van der Waals surface area contributed by atoms with Crippen LogP contribution in [-0.2, 0) is 6.54 Å². The number of hydrogen-bond donors (Lipinski definition) is 2. The molecule has 0 atom stereocenters. The summed E-state index contributed by atoms with van der Waals surface area (Å²) in [7, 11) is 0. The molecule has 0 aromatic heterocycles. The van der Waals surface area contributed by atoms with Crippen molar-refractivity contribution in [2.24, 2.45) is 0 Å². The zero-order valence-corrected chi connectivity index (χ0v) is 10.4. The number of alkyl halides is 3. The molecule has 1 rings (SSSR count). The number of nitrogens with one attached hydrogen (secondary N) is 1. The van der Waals surface area contributed by atoms with Crippen LogP contribution in [0.2, 0.25) is 0 Å². The highest BCUT2D eigenvalue weighted by Crippen LogP contribution is 2.29. The van der Waals surface area contributed by atoms with E-state index in [9.17, 15) is 22.4 Å². The maximum Gasteiger partial charge on any atom is 0.441 e. The van der Waals surface area contributed by atoms with Gasteiger partial charge in [-0.05, 0) is 29.5 Å². The Morgan fingerprint density at radius 3 is 2.58 bits per heavy atom. The van der Waals surface area contributed by atoms with E-state index in [2.05, 4.69) is 5.32 Å². The zero-order valence-electron chi connectivity index (χ0n) is 9.63. The lowest BCUT2D eigenvalue weighted by Gasteiger charge is -2.07. The Labute approximate surface area is 111 Å². The number of carbonyl (C=O) groups is 1. The number of halogens is 4. The molecular formula is C11H11F4NO2S. The van der Waals surface area contributed by atoms with E-state index < -0.39 is 22.9 Å². The largest absolute Gasteiger partial charge is 0.478 e. The standard InChI is InChI=1S/C11H11F4NO2S/c12-9-5-7(1-2-8(9)10(17)18)6-16-3-4-19-11(13,14)15/h1-2,5,16H,3-4,6H2,(H,17,18). The summed E-state index contributed by atoms with van der Waals surface area (Å²) in [6.07, 6.45) is 0. The summed E-state index contributed by atoms with van der Waals surface area (Å²) in [4.78, 5) is 10.6. The van der Waals surface area contributed by atoms with Gasteiger partial charge in [-0.3, -0.25) is 0 Å². The van der Waals surface area contributed by atoms with Crippen molar-refractivity contribution in [3.8, 4) is 0 Å². The van der Waals surface area contributed by atoms with Gasteiger partial charge in [0.05, 0.1) is 5.56 Å². The average molecular weight is 297 g/mol. The summed E-state index contributed by atoms with van der Waals surface area (Å²) >= 11 is -0.136. The number of benzene rings is 1. The first-order valence-electron chi connectivity index (χ1n) is 5.23. The van der Waals surface area contributed by atoms with Gasteiger partial charge in [0.2, 0.25) is 0 Å². The Morgan fingerprint density at radius 2 is 2.05 bits per heavy atom. The molecule has 0 aliphatic heterocycles. The molecule has 19 heavy (non-hydrogen) atoms. The van der Waals surface area contributed by atoms with Gasteiger partial charge in [0.1, 0.15) is 5.82 Å². The molecule has 1 aromatic rings. The van der Waals surface area contributed by atoms with Crippen LogP contribution in [-0.4, -0.2) is 28.9 Å². The monoisotopic (exact) mass is 297 g/mol. The molecule has 8 heteroatoms. The Balaban J connectivity index is 2.38. The number of rotatable bonds is 6. The molecule has 1 aromatic carbocycles. The second-order valence-electron chi connectivity index (χ2n) is 3.59. The van der Waals surface area contributed by atoms with Crippen molar-refractivity contribution in [2.45, 2.75) is 12.1 Å². The van der Waals surface area contributed by atoms with Gasteiger partial charge in [-0.2, -0.15) is 13.2 Å². The molecule has 2 N–H and O–H groups in total. The third-order valence-corrected chi connectivity index (χ3v) is 2.87. The number of carboxylic acid groups (broad SMARTS) is 1. The van der Waals surface area contributed by atoms with Crippen LogP contribution in [0.4, 0.5) is 17.6 Å². The van der Waals surface area contributed by atoms with Gasteiger partial charge in [0.25, 0.3) is 0 Å². The van der Waals surface area contributed by atoms with Crippen LogP contribution in [0.15, 0.2) is 18.2 Å². The van der Waals surface area contributed by atoms with Gasteiger partial charge >= 0.3 is 11.5 Å². The lowest BCUT2D eigenvalue weighted by Crippen LogP contribution is -2.18. The van der Waals surface area contributed by atoms with Crippen molar-refractivity contribution in [3.05, 3.63) is 35.1 Å². The van der Waals surface area contributed by atoms with E-state index in [-0.39, 0.29) is 30.6 Å². The highest BCUT2D eigenvalue weighted by Gasteiger charge is 2.27. The van der Waals surface area contributed by atoms with Crippen LogP contribution in [0, 0.1) is 5.82 Å². The predicted molar refractivity (Wildman–Crippen MR) is 63.6 cm³/mol. The van der Waals surface area contributed by atoms with E-state index in [4.69, 9.17) is 5.11 Å². The van der Waals surface area contributed by atoms with Crippen molar-refractivity contribution in [1.82, 2.24) is 5.32 Å². The van der Waals surface area contributed by atoms with Gasteiger partial charge in [-0.25, -0.2) is 9.18 Å². The smallest absolute Gasteiger partial charge is 0.441 e. The lowest BCUT2D eigenvalue weighted by molar-refractivity contribution is -0.0327. The molecule has 0 saturated heterocycles. The summed E-state index contributed by atoms with van der Waals surface area (Å²) in [6.45, 7) is 0.293. The topological polar surface area (TPSA) is 49.3 Å². The molecule has 3 nitrogen and oxygen atoms in total. The molecule has 106 valence electrons. The van der Waals surface area contributed by atoms with Crippen molar-refractivity contribution in [2.75, 3.05) is 12.3 Å². The van der Waals surface area contributed by atoms with E-state index >= 15 is 0 Å². The fourth-order valence-electron chi connectivity index (χ4n) is 1.31. The fourth-order valence-corrected chi connectivity index (χ4v) is 1.79. The van der Waals surface area contributed by atoms with Gasteiger partial charge < -0.3 is 10.4 Å². The first-order chi connectivity index (χ1) is 8.79. The lowest BCUT2D eigenvalue weighted by atomic mass is 10.1. The Kier molecular flexibility index (Phi) is 5.61. The predicted octanol–water partition coefficient (Wildman–Crippen LogP) is 2.87. The molecule has 0 saturated carbocycles. The molecular weight excluding hydrogens is 286 g/mol. The van der Waals surface area contributed by atoms with Crippen molar-refractivity contribution in [3.63, 3.8) is 0 Å². The van der Waals surface area contributed by atoms with Crippen LogP contribution < -0.4 is 5.32 Å². The fraction of sp³-hybridized carbons (Fsp3) is 0.364. The number of aromatic carboxylic acids is 1. The zero-order chi connectivity index (χ0) is 14.5. The minimum atomic E-state index is -4.25. The summed E-state index contributed by atoms with van der Waals surface area (Å²) in [6, 6.07) is 3.59. The minimum Gasteiger partial charge on any atom is -0.478 e. The Bertz CT molecular complexity index is 451. The number of carboxylic acids is 1. The minimum absolute atomic E-state index is 0.118. The maximum atomic E-state index is 13.3. The van der Waals surface area contributed by atoms with E-state index in [1.54, 1.807) is 0 Å². The summed E-state index contributed by atoms with van der Waals surface area (Å²) in [5.74, 6) is -2.37. The van der Waals surface area contributed by atoms with Crippen LogP contribution in [0.3, 0.4) is 0 Å². The molecule has 0 heterocycles. The van der Waals surface area contributed by atoms with E-state index in [0.717, 1.165) is 12.1 Å². The Hall–Kier alpha value is -1.28. The van der Waals surface area contributed by atoms with E-state index in [1.165, 1.54) is 6.07 Å². The molecule has 0 fully saturated rings. The SMILES string of the molecule is O=C(O)c1ccc(CNCCSC(F)(F)F)cc1F. The number of thioether (sulfide) groups is 1. The van der Waals surface area contributed by atoms with Gasteiger partial charge in [0, 0.05) is 18.8 Å². The average Bonchev–Trinajstić information content (AvgIpc) is 2.26. The van der Waals surface area contributed by atoms with Crippen LogP contribution in [0.5, 0.6) is 0 Å². The molecule has 0 aliphatic rings.